The molecule has 1 saturated heterocycles. The highest BCUT2D eigenvalue weighted by Gasteiger charge is 2.29. The molecule has 20 heavy (non-hydrogen) atoms. The Labute approximate surface area is 124 Å². The van der Waals surface area contributed by atoms with E-state index in [0.717, 1.165) is 18.5 Å². The lowest BCUT2D eigenvalue weighted by Gasteiger charge is -2.24. The average Bonchev–Trinajstić information content (AvgIpc) is 2.84. The fourth-order valence-electron chi connectivity index (χ4n) is 2.46. The molecule has 0 bridgehead atoms. The van der Waals surface area contributed by atoms with Gasteiger partial charge in [-0.3, -0.25) is 4.79 Å². The van der Waals surface area contributed by atoms with Crippen LogP contribution in [0, 0.1) is 0 Å². The highest BCUT2D eigenvalue weighted by Crippen LogP contribution is 2.26. The Bertz CT molecular complexity index is 511. The van der Waals surface area contributed by atoms with Gasteiger partial charge in [0.25, 0.3) is 5.91 Å². The molecule has 0 spiro atoms. The number of hydrogen-bond acceptors (Lipinski definition) is 3. The van der Waals surface area contributed by atoms with E-state index < -0.39 is 0 Å². The predicted octanol–water partition coefficient (Wildman–Crippen LogP) is 2.63. The second kappa shape index (κ2) is 5.70. The first-order chi connectivity index (χ1) is 9.32. The van der Waals surface area contributed by atoms with E-state index in [1.54, 1.807) is 17.0 Å². The zero-order chi connectivity index (χ0) is 14.9. The summed E-state index contributed by atoms with van der Waals surface area (Å²) in [6, 6.07) is 3.33. The Hall–Kier alpha value is -1.13. The number of aliphatic hydroxyl groups is 1. The van der Waals surface area contributed by atoms with Crippen LogP contribution in [-0.2, 0) is 5.41 Å². The Kier molecular flexibility index (Phi) is 4.35. The third-order valence-electron chi connectivity index (χ3n) is 3.66. The number of carbonyl (C=O) groups excluding carboxylic acids is 1. The molecule has 1 aromatic heterocycles. The van der Waals surface area contributed by atoms with Crippen LogP contribution < -0.4 is 0 Å². The third kappa shape index (κ3) is 3.13. The van der Waals surface area contributed by atoms with Crippen LogP contribution in [0.3, 0.4) is 0 Å². The topological polar surface area (TPSA) is 53.4 Å². The highest BCUT2D eigenvalue weighted by atomic mass is 35.5. The van der Waals surface area contributed by atoms with Crippen LogP contribution >= 0.6 is 11.6 Å². The maximum Gasteiger partial charge on any atom is 0.254 e. The summed E-state index contributed by atoms with van der Waals surface area (Å²) < 4.78 is 0. The molecule has 0 aliphatic carbocycles. The molecular formula is C15H21ClN2O2. The lowest BCUT2D eigenvalue weighted by Crippen LogP contribution is -2.37. The van der Waals surface area contributed by atoms with Gasteiger partial charge in [0.2, 0.25) is 0 Å². The van der Waals surface area contributed by atoms with Crippen molar-refractivity contribution in [2.45, 2.75) is 45.1 Å². The molecule has 2 rings (SSSR count). The lowest BCUT2D eigenvalue weighted by atomic mass is 9.90. The summed E-state index contributed by atoms with van der Waals surface area (Å²) >= 11 is 6.05. The first kappa shape index (κ1) is 15.3. The van der Waals surface area contributed by atoms with E-state index in [2.05, 4.69) is 4.98 Å². The minimum absolute atomic E-state index is 0.0106. The molecule has 0 unspecified atom stereocenters. The molecule has 2 heterocycles. The van der Waals surface area contributed by atoms with Crippen molar-refractivity contribution in [3.05, 3.63) is 28.5 Å². The maximum absolute atomic E-state index is 12.6. The van der Waals surface area contributed by atoms with Crippen LogP contribution in [0.25, 0.3) is 0 Å². The largest absolute Gasteiger partial charge is 0.394 e. The number of carbonyl (C=O) groups is 1. The number of halogens is 1. The normalized spacial score (nSPS) is 19.4. The molecular weight excluding hydrogens is 276 g/mol. The molecule has 1 aliphatic rings. The second-order valence-electron chi connectivity index (χ2n) is 6.29. The summed E-state index contributed by atoms with van der Waals surface area (Å²) in [5.41, 5.74) is 1.18. The van der Waals surface area contributed by atoms with Crippen molar-refractivity contribution in [1.82, 2.24) is 9.88 Å². The van der Waals surface area contributed by atoms with Crippen molar-refractivity contribution in [2.75, 3.05) is 13.2 Å². The molecule has 1 aliphatic heterocycles. The van der Waals surface area contributed by atoms with Gasteiger partial charge in [-0.05, 0) is 25.0 Å². The van der Waals surface area contributed by atoms with Crippen molar-refractivity contribution < 1.29 is 9.90 Å². The zero-order valence-electron chi connectivity index (χ0n) is 12.2. The lowest BCUT2D eigenvalue weighted by molar-refractivity contribution is 0.0677. The number of amides is 1. The molecule has 4 nitrogen and oxygen atoms in total. The number of pyridine rings is 1. The summed E-state index contributed by atoms with van der Waals surface area (Å²) in [4.78, 5) is 18.6. The van der Waals surface area contributed by atoms with Crippen LogP contribution in [0.5, 0.6) is 0 Å². The van der Waals surface area contributed by atoms with Crippen LogP contribution in [0.1, 0.15) is 49.7 Å². The number of aliphatic hydroxyl groups excluding tert-OH is 1. The summed E-state index contributed by atoms with van der Waals surface area (Å²) in [7, 11) is 0. The van der Waals surface area contributed by atoms with Gasteiger partial charge in [0.15, 0.2) is 0 Å². The first-order valence-electron chi connectivity index (χ1n) is 6.93. The van der Waals surface area contributed by atoms with Crippen molar-refractivity contribution in [3.8, 4) is 0 Å². The fraction of sp³-hybridized carbons (Fsp3) is 0.600. The van der Waals surface area contributed by atoms with E-state index in [1.807, 2.05) is 20.8 Å². The Morgan fingerprint density at radius 1 is 1.50 bits per heavy atom. The summed E-state index contributed by atoms with van der Waals surface area (Å²) in [5.74, 6) is -0.0728. The van der Waals surface area contributed by atoms with Gasteiger partial charge in [0, 0.05) is 23.2 Å². The number of aromatic nitrogens is 1. The van der Waals surface area contributed by atoms with Crippen molar-refractivity contribution >= 4 is 17.5 Å². The average molecular weight is 297 g/mol. The fourth-order valence-corrected chi connectivity index (χ4v) is 2.67. The Balaban J connectivity index is 2.33. The summed E-state index contributed by atoms with van der Waals surface area (Å²) in [6.07, 6.45) is 1.79. The van der Waals surface area contributed by atoms with Gasteiger partial charge in [-0.2, -0.15) is 0 Å². The van der Waals surface area contributed by atoms with Gasteiger partial charge in [0.05, 0.1) is 12.6 Å². The first-order valence-corrected chi connectivity index (χ1v) is 7.30. The molecule has 1 aromatic rings. The van der Waals surface area contributed by atoms with Crippen LogP contribution in [0.4, 0.5) is 0 Å². The van der Waals surface area contributed by atoms with E-state index in [0.29, 0.717) is 17.3 Å². The van der Waals surface area contributed by atoms with Crippen LogP contribution in [-0.4, -0.2) is 40.1 Å². The standard InChI is InChI=1S/C15H21ClN2O2/c1-15(2,3)12-7-10(8-13(16)17-12)14(20)18-6-4-5-11(18)9-19/h7-8,11,19H,4-6,9H2,1-3H3/t11-/m0/s1. The molecule has 5 heteroatoms. The number of nitrogens with zero attached hydrogens (tertiary/aromatic N) is 2. The van der Waals surface area contributed by atoms with E-state index in [1.165, 1.54) is 0 Å². The molecule has 1 amide bonds. The van der Waals surface area contributed by atoms with Gasteiger partial charge in [0.1, 0.15) is 5.15 Å². The van der Waals surface area contributed by atoms with E-state index in [4.69, 9.17) is 11.6 Å². The molecule has 1 N–H and O–H groups in total. The van der Waals surface area contributed by atoms with Gasteiger partial charge in [-0.25, -0.2) is 4.98 Å². The smallest absolute Gasteiger partial charge is 0.254 e. The SMILES string of the molecule is CC(C)(C)c1cc(C(=O)N2CCC[C@H]2CO)cc(Cl)n1. The monoisotopic (exact) mass is 296 g/mol. The van der Waals surface area contributed by atoms with E-state index in [-0.39, 0.29) is 24.0 Å². The molecule has 0 saturated carbocycles. The maximum atomic E-state index is 12.6. The second-order valence-corrected chi connectivity index (χ2v) is 6.68. The van der Waals surface area contributed by atoms with Crippen molar-refractivity contribution in [2.24, 2.45) is 0 Å². The molecule has 110 valence electrons. The highest BCUT2D eigenvalue weighted by molar-refractivity contribution is 6.29. The van der Waals surface area contributed by atoms with Gasteiger partial charge >= 0.3 is 0 Å². The molecule has 1 fully saturated rings. The van der Waals surface area contributed by atoms with Crippen LogP contribution in [0.15, 0.2) is 12.1 Å². The van der Waals surface area contributed by atoms with Crippen LogP contribution in [0.2, 0.25) is 5.15 Å². The van der Waals surface area contributed by atoms with E-state index >= 15 is 0 Å². The zero-order valence-corrected chi connectivity index (χ0v) is 12.9. The van der Waals surface area contributed by atoms with Crippen molar-refractivity contribution in [1.29, 1.82) is 0 Å². The van der Waals surface area contributed by atoms with Gasteiger partial charge in [-0.1, -0.05) is 32.4 Å². The number of rotatable bonds is 2. The molecule has 0 radical (unpaired) electrons. The van der Waals surface area contributed by atoms with Crippen molar-refractivity contribution in [3.63, 3.8) is 0 Å². The minimum atomic E-state index is -0.165. The predicted molar refractivity (Wildman–Crippen MR) is 79.1 cm³/mol. The Morgan fingerprint density at radius 2 is 2.20 bits per heavy atom. The summed E-state index contributed by atoms with van der Waals surface area (Å²) in [6.45, 7) is 6.80. The number of likely N-dealkylation sites (tertiary alicyclic amines) is 1. The Morgan fingerprint density at radius 3 is 2.80 bits per heavy atom. The van der Waals surface area contributed by atoms with E-state index in [9.17, 15) is 9.90 Å². The van der Waals surface area contributed by atoms with Gasteiger partial charge in [-0.15, -0.1) is 0 Å². The molecule has 1 atom stereocenters. The third-order valence-corrected chi connectivity index (χ3v) is 3.85. The molecule has 0 aromatic carbocycles. The minimum Gasteiger partial charge on any atom is -0.394 e. The quantitative estimate of drug-likeness (QED) is 0.854. The number of hydrogen-bond donors (Lipinski definition) is 1. The summed E-state index contributed by atoms with van der Waals surface area (Å²) in [5, 5.41) is 9.67. The van der Waals surface area contributed by atoms with Gasteiger partial charge < -0.3 is 10.0 Å².